The number of benzene rings is 1. The summed E-state index contributed by atoms with van der Waals surface area (Å²) in [5.41, 5.74) is 7.64. The SMILES string of the molecule is Cc1cc(N)c(NS(=O)(=O)CCC(C)(C)C)c(Br)c1. The molecule has 0 heterocycles. The highest BCUT2D eigenvalue weighted by atomic mass is 79.9. The van der Waals surface area contributed by atoms with Crippen molar-refractivity contribution < 1.29 is 8.42 Å². The van der Waals surface area contributed by atoms with Crippen LogP contribution in [0.3, 0.4) is 0 Å². The zero-order valence-corrected chi connectivity index (χ0v) is 14.2. The first kappa shape index (κ1) is 16.3. The Morgan fingerprint density at radius 1 is 1.32 bits per heavy atom. The molecule has 0 aliphatic heterocycles. The molecule has 0 saturated heterocycles. The van der Waals surface area contributed by atoms with Crippen molar-refractivity contribution in [1.29, 1.82) is 0 Å². The van der Waals surface area contributed by atoms with E-state index in [1.54, 1.807) is 6.07 Å². The molecule has 0 bridgehead atoms. The second-order valence-electron chi connectivity index (χ2n) is 5.94. The predicted octanol–water partition coefficient (Wildman–Crippen LogP) is 3.52. The molecule has 0 spiro atoms. The summed E-state index contributed by atoms with van der Waals surface area (Å²) in [6.07, 6.45) is 0.589. The number of rotatable bonds is 4. The van der Waals surface area contributed by atoms with E-state index in [9.17, 15) is 8.42 Å². The summed E-state index contributed by atoms with van der Waals surface area (Å²) in [5, 5.41) is 0. The van der Waals surface area contributed by atoms with Crippen LogP contribution >= 0.6 is 15.9 Å². The van der Waals surface area contributed by atoms with Crippen molar-refractivity contribution in [3.63, 3.8) is 0 Å². The number of aryl methyl sites for hydroxylation is 1. The third-order valence-corrected chi connectivity index (χ3v) is 4.53. The van der Waals surface area contributed by atoms with Crippen LogP contribution in [0, 0.1) is 12.3 Å². The highest BCUT2D eigenvalue weighted by molar-refractivity contribution is 9.10. The van der Waals surface area contributed by atoms with Gasteiger partial charge < -0.3 is 5.73 Å². The minimum Gasteiger partial charge on any atom is -0.397 e. The summed E-state index contributed by atoms with van der Waals surface area (Å²) in [7, 11) is -3.39. The normalized spacial score (nSPS) is 12.5. The molecule has 19 heavy (non-hydrogen) atoms. The second kappa shape index (κ2) is 5.71. The first-order valence-corrected chi connectivity index (χ1v) is 8.51. The van der Waals surface area contributed by atoms with Crippen molar-refractivity contribution in [2.24, 2.45) is 5.41 Å². The summed E-state index contributed by atoms with van der Waals surface area (Å²) in [6, 6.07) is 3.57. The first-order chi connectivity index (χ1) is 8.50. The molecule has 0 aromatic heterocycles. The molecular weight excluding hydrogens is 328 g/mol. The molecule has 0 atom stereocenters. The molecule has 0 saturated carbocycles. The van der Waals surface area contributed by atoms with Gasteiger partial charge in [0.15, 0.2) is 0 Å². The Hall–Kier alpha value is -0.750. The van der Waals surface area contributed by atoms with Gasteiger partial charge in [0.05, 0.1) is 17.1 Å². The number of hydrogen-bond acceptors (Lipinski definition) is 3. The molecule has 0 radical (unpaired) electrons. The van der Waals surface area contributed by atoms with Crippen molar-refractivity contribution in [3.8, 4) is 0 Å². The Morgan fingerprint density at radius 2 is 1.89 bits per heavy atom. The first-order valence-electron chi connectivity index (χ1n) is 6.06. The van der Waals surface area contributed by atoms with Crippen LogP contribution in [-0.4, -0.2) is 14.2 Å². The molecular formula is C13H21BrN2O2S. The Labute approximate surface area is 124 Å². The van der Waals surface area contributed by atoms with Crippen LogP contribution in [0.1, 0.15) is 32.8 Å². The molecule has 1 rings (SSSR count). The summed E-state index contributed by atoms with van der Waals surface area (Å²) in [5.74, 6) is 0.0796. The number of nitrogens with one attached hydrogen (secondary N) is 1. The monoisotopic (exact) mass is 348 g/mol. The topological polar surface area (TPSA) is 72.2 Å². The molecule has 4 nitrogen and oxygen atoms in total. The van der Waals surface area contributed by atoms with E-state index in [0.29, 0.717) is 22.3 Å². The van der Waals surface area contributed by atoms with E-state index in [0.717, 1.165) is 5.56 Å². The van der Waals surface area contributed by atoms with Crippen molar-refractivity contribution in [2.75, 3.05) is 16.2 Å². The van der Waals surface area contributed by atoms with Crippen LogP contribution in [0.15, 0.2) is 16.6 Å². The quantitative estimate of drug-likeness (QED) is 0.817. The molecule has 0 aliphatic rings. The zero-order valence-electron chi connectivity index (χ0n) is 11.7. The molecule has 108 valence electrons. The van der Waals surface area contributed by atoms with Gasteiger partial charge in [0, 0.05) is 4.47 Å². The van der Waals surface area contributed by atoms with Gasteiger partial charge in [0.25, 0.3) is 0 Å². The van der Waals surface area contributed by atoms with Gasteiger partial charge in [0.1, 0.15) is 0 Å². The van der Waals surface area contributed by atoms with E-state index in [1.807, 2.05) is 33.8 Å². The van der Waals surface area contributed by atoms with Crippen LogP contribution in [0.5, 0.6) is 0 Å². The Balaban J connectivity index is 2.90. The van der Waals surface area contributed by atoms with Crippen LogP contribution in [0.2, 0.25) is 0 Å². The lowest BCUT2D eigenvalue weighted by Gasteiger charge is -2.19. The molecule has 3 N–H and O–H groups in total. The summed E-state index contributed by atoms with van der Waals surface area (Å²) < 4.78 is 27.3. The van der Waals surface area contributed by atoms with Gasteiger partial charge in [-0.1, -0.05) is 20.8 Å². The highest BCUT2D eigenvalue weighted by Crippen LogP contribution is 2.31. The molecule has 0 unspecified atom stereocenters. The van der Waals surface area contributed by atoms with Crippen LogP contribution < -0.4 is 10.5 Å². The molecule has 1 aromatic rings. The lowest BCUT2D eigenvalue weighted by atomic mass is 9.94. The fraction of sp³-hybridized carbons (Fsp3) is 0.538. The van der Waals surface area contributed by atoms with Crippen molar-refractivity contribution in [2.45, 2.75) is 34.1 Å². The lowest BCUT2D eigenvalue weighted by Crippen LogP contribution is -2.21. The van der Waals surface area contributed by atoms with Gasteiger partial charge in [0.2, 0.25) is 10.0 Å². The van der Waals surface area contributed by atoms with Crippen LogP contribution in [0.25, 0.3) is 0 Å². The number of nitrogen functional groups attached to an aromatic ring is 1. The fourth-order valence-electron chi connectivity index (χ4n) is 1.52. The summed E-state index contributed by atoms with van der Waals surface area (Å²) in [4.78, 5) is 0. The van der Waals surface area contributed by atoms with E-state index in [4.69, 9.17) is 5.73 Å². The summed E-state index contributed by atoms with van der Waals surface area (Å²) in [6.45, 7) is 7.94. The van der Waals surface area contributed by atoms with Crippen molar-refractivity contribution >= 4 is 37.3 Å². The van der Waals surface area contributed by atoms with Crippen molar-refractivity contribution in [3.05, 3.63) is 22.2 Å². The van der Waals surface area contributed by atoms with Gasteiger partial charge in [-0.3, -0.25) is 4.72 Å². The second-order valence-corrected chi connectivity index (χ2v) is 8.64. The predicted molar refractivity (Wildman–Crippen MR) is 84.8 cm³/mol. The largest absolute Gasteiger partial charge is 0.397 e. The Morgan fingerprint density at radius 3 is 2.37 bits per heavy atom. The number of halogens is 1. The molecule has 0 fully saturated rings. The Kier molecular flexibility index (Phi) is 4.90. The van der Waals surface area contributed by atoms with E-state index >= 15 is 0 Å². The van der Waals surface area contributed by atoms with Crippen molar-refractivity contribution in [1.82, 2.24) is 0 Å². The van der Waals surface area contributed by atoms with Gasteiger partial charge in [-0.25, -0.2) is 8.42 Å². The van der Waals surface area contributed by atoms with E-state index in [2.05, 4.69) is 20.7 Å². The highest BCUT2D eigenvalue weighted by Gasteiger charge is 2.19. The lowest BCUT2D eigenvalue weighted by molar-refractivity contribution is 0.397. The minimum atomic E-state index is -3.39. The van der Waals surface area contributed by atoms with Gasteiger partial charge in [-0.05, 0) is 52.4 Å². The minimum absolute atomic E-state index is 0.0230. The van der Waals surface area contributed by atoms with Gasteiger partial charge in [-0.2, -0.15) is 0 Å². The zero-order chi connectivity index (χ0) is 14.8. The number of hydrogen-bond donors (Lipinski definition) is 2. The molecule has 1 aromatic carbocycles. The fourth-order valence-corrected chi connectivity index (χ4v) is 3.87. The maximum absolute atomic E-state index is 12.0. The Bertz CT molecular complexity index is 539. The maximum atomic E-state index is 12.0. The number of nitrogens with two attached hydrogens (primary N) is 1. The van der Waals surface area contributed by atoms with E-state index in [-0.39, 0.29) is 11.2 Å². The van der Waals surface area contributed by atoms with E-state index < -0.39 is 10.0 Å². The van der Waals surface area contributed by atoms with Gasteiger partial charge >= 0.3 is 0 Å². The molecule has 0 amide bonds. The smallest absolute Gasteiger partial charge is 0.232 e. The number of sulfonamides is 1. The third-order valence-electron chi connectivity index (χ3n) is 2.64. The average molecular weight is 349 g/mol. The van der Waals surface area contributed by atoms with Crippen LogP contribution in [0.4, 0.5) is 11.4 Å². The summed E-state index contributed by atoms with van der Waals surface area (Å²) >= 11 is 3.33. The maximum Gasteiger partial charge on any atom is 0.232 e. The van der Waals surface area contributed by atoms with E-state index in [1.165, 1.54) is 0 Å². The molecule has 6 heteroatoms. The van der Waals surface area contributed by atoms with Crippen LogP contribution in [-0.2, 0) is 10.0 Å². The standard InChI is InChI=1S/C13H21BrN2O2S/c1-9-7-10(14)12(11(15)8-9)16-19(17,18)6-5-13(2,3)4/h7-8,16H,5-6,15H2,1-4H3. The third kappa shape index (κ3) is 5.40. The number of anilines is 2. The average Bonchev–Trinajstić information content (AvgIpc) is 2.20. The molecule has 0 aliphatic carbocycles. The van der Waals surface area contributed by atoms with Gasteiger partial charge in [-0.15, -0.1) is 0 Å².